The quantitative estimate of drug-likeness (QED) is 0.561. The summed E-state index contributed by atoms with van der Waals surface area (Å²) in [4.78, 5) is 23.8. The molecule has 7 heteroatoms. The molecule has 0 saturated carbocycles. The van der Waals surface area contributed by atoms with E-state index in [2.05, 4.69) is 0 Å². The van der Waals surface area contributed by atoms with E-state index in [1.165, 1.54) is 0 Å². The molecule has 0 radical (unpaired) electrons. The molecule has 1 aliphatic rings. The van der Waals surface area contributed by atoms with Gasteiger partial charge in [0.05, 0.1) is 18.7 Å². The van der Waals surface area contributed by atoms with Gasteiger partial charge in [0.15, 0.2) is 0 Å². The molecule has 1 aliphatic heterocycles. The van der Waals surface area contributed by atoms with Gasteiger partial charge in [0, 0.05) is 13.1 Å². The summed E-state index contributed by atoms with van der Waals surface area (Å²) in [6, 6.07) is -1.06. The van der Waals surface area contributed by atoms with Crippen LogP contribution in [-0.2, 0) is 0 Å². The zero-order valence-electron chi connectivity index (χ0n) is 8.33. The standard InChI is InChI=1S/C8H14N2O5/c1-5-2-10(8(14)15)6(4-11)3-9(5)7(12)13/h5-6,11H,2-4H2,1H3,(H,12,13)(H,14,15). The maximum atomic E-state index is 10.8. The first-order chi connectivity index (χ1) is 6.97. The van der Waals surface area contributed by atoms with Crippen molar-refractivity contribution in [2.24, 2.45) is 0 Å². The molecule has 86 valence electrons. The van der Waals surface area contributed by atoms with Crippen molar-refractivity contribution >= 4 is 12.2 Å². The third kappa shape index (κ3) is 2.30. The molecule has 2 atom stereocenters. The Bertz CT molecular complexity index is 270. The molecule has 3 N–H and O–H groups in total. The molecule has 2 unspecified atom stereocenters. The van der Waals surface area contributed by atoms with Crippen molar-refractivity contribution < 1.29 is 24.9 Å². The zero-order chi connectivity index (χ0) is 11.6. The van der Waals surface area contributed by atoms with Gasteiger partial charge in [-0.15, -0.1) is 0 Å². The molecule has 1 fully saturated rings. The average molecular weight is 218 g/mol. The number of amides is 2. The number of carbonyl (C=O) groups is 2. The summed E-state index contributed by atoms with van der Waals surface area (Å²) in [5, 5.41) is 26.6. The largest absolute Gasteiger partial charge is 0.465 e. The van der Waals surface area contributed by atoms with E-state index < -0.39 is 18.2 Å². The Kier molecular flexibility index (Phi) is 3.35. The Hall–Kier alpha value is -1.50. The number of aliphatic hydroxyl groups is 1. The van der Waals surface area contributed by atoms with Gasteiger partial charge in [-0.3, -0.25) is 4.90 Å². The summed E-state index contributed by atoms with van der Waals surface area (Å²) in [7, 11) is 0. The van der Waals surface area contributed by atoms with Gasteiger partial charge in [0.25, 0.3) is 0 Å². The van der Waals surface area contributed by atoms with Crippen molar-refractivity contribution in [2.75, 3.05) is 19.7 Å². The normalized spacial score (nSPS) is 26.5. The minimum absolute atomic E-state index is 0.0132. The number of nitrogens with zero attached hydrogens (tertiary/aromatic N) is 2. The summed E-state index contributed by atoms with van der Waals surface area (Å²) in [5.41, 5.74) is 0. The summed E-state index contributed by atoms with van der Waals surface area (Å²) in [6.07, 6.45) is -2.23. The lowest BCUT2D eigenvalue weighted by Gasteiger charge is -2.41. The molecular weight excluding hydrogens is 204 g/mol. The van der Waals surface area contributed by atoms with Crippen molar-refractivity contribution in [3.8, 4) is 0 Å². The van der Waals surface area contributed by atoms with E-state index in [9.17, 15) is 9.59 Å². The fourth-order valence-electron chi connectivity index (χ4n) is 1.70. The van der Waals surface area contributed by atoms with Crippen molar-refractivity contribution in [1.29, 1.82) is 0 Å². The lowest BCUT2D eigenvalue weighted by molar-refractivity contribution is 0.0195. The number of hydrogen-bond acceptors (Lipinski definition) is 3. The van der Waals surface area contributed by atoms with E-state index in [1.54, 1.807) is 6.92 Å². The minimum Gasteiger partial charge on any atom is -0.465 e. The Balaban J connectivity index is 2.77. The van der Waals surface area contributed by atoms with E-state index in [0.717, 1.165) is 9.80 Å². The number of rotatable bonds is 1. The van der Waals surface area contributed by atoms with E-state index >= 15 is 0 Å². The number of carboxylic acid groups (broad SMARTS) is 2. The monoisotopic (exact) mass is 218 g/mol. The van der Waals surface area contributed by atoms with Crippen LogP contribution in [0.15, 0.2) is 0 Å². The molecule has 0 spiro atoms. The highest BCUT2D eigenvalue weighted by atomic mass is 16.4. The van der Waals surface area contributed by atoms with E-state index in [4.69, 9.17) is 15.3 Å². The predicted octanol–water partition coefficient (Wildman–Crippen LogP) is -0.291. The zero-order valence-corrected chi connectivity index (χ0v) is 8.33. The molecule has 15 heavy (non-hydrogen) atoms. The number of hydrogen-bond donors (Lipinski definition) is 3. The first kappa shape index (κ1) is 11.6. The lowest BCUT2D eigenvalue weighted by atomic mass is 10.1. The second kappa shape index (κ2) is 4.35. The highest BCUT2D eigenvalue weighted by Crippen LogP contribution is 2.15. The molecule has 1 heterocycles. The van der Waals surface area contributed by atoms with Crippen LogP contribution in [0, 0.1) is 0 Å². The first-order valence-electron chi connectivity index (χ1n) is 4.57. The SMILES string of the molecule is CC1CN(C(=O)O)C(CO)CN1C(=O)O. The van der Waals surface area contributed by atoms with Gasteiger partial charge in [-0.25, -0.2) is 9.59 Å². The second-order valence-corrected chi connectivity index (χ2v) is 3.56. The topological polar surface area (TPSA) is 101 Å². The number of aliphatic hydroxyl groups excluding tert-OH is 1. The van der Waals surface area contributed by atoms with Crippen LogP contribution in [0.3, 0.4) is 0 Å². The van der Waals surface area contributed by atoms with Gasteiger partial charge >= 0.3 is 12.2 Å². The molecule has 1 saturated heterocycles. The van der Waals surface area contributed by atoms with Crippen LogP contribution in [0.1, 0.15) is 6.92 Å². The Morgan fingerprint density at radius 3 is 2.13 bits per heavy atom. The third-order valence-electron chi connectivity index (χ3n) is 2.54. The van der Waals surface area contributed by atoms with Crippen LogP contribution in [0.2, 0.25) is 0 Å². The molecule has 0 aliphatic carbocycles. The smallest absolute Gasteiger partial charge is 0.407 e. The van der Waals surface area contributed by atoms with Gasteiger partial charge in [-0.2, -0.15) is 0 Å². The molecule has 1 rings (SSSR count). The van der Waals surface area contributed by atoms with Crippen LogP contribution in [0.25, 0.3) is 0 Å². The van der Waals surface area contributed by atoms with Crippen LogP contribution < -0.4 is 0 Å². The molecule has 7 nitrogen and oxygen atoms in total. The molecule has 2 amide bonds. The molecule has 0 bridgehead atoms. The van der Waals surface area contributed by atoms with Gasteiger partial charge in [0.1, 0.15) is 0 Å². The van der Waals surface area contributed by atoms with Crippen LogP contribution >= 0.6 is 0 Å². The Morgan fingerprint density at radius 2 is 1.73 bits per heavy atom. The van der Waals surface area contributed by atoms with Gasteiger partial charge in [-0.1, -0.05) is 0 Å². The molecule has 0 aromatic heterocycles. The van der Waals surface area contributed by atoms with Crippen molar-refractivity contribution in [3.63, 3.8) is 0 Å². The van der Waals surface area contributed by atoms with Crippen LogP contribution in [0.4, 0.5) is 9.59 Å². The van der Waals surface area contributed by atoms with Crippen molar-refractivity contribution in [1.82, 2.24) is 9.80 Å². The first-order valence-corrected chi connectivity index (χ1v) is 4.57. The predicted molar refractivity (Wildman–Crippen MR) is 49.8 cm³/mol. The van der Waals surface area contributed by atoms with E-state index in [0.29, 0.717) is 0 Å². The van der Waals surface area contributed by atoms with Crippen LogP contribution in [0.5, 0.6) is 0 Å². The van der Waals surface area contributed by atoms with Gasteiger partial charge in [0.2, 0.25) is 0 Å². The molecule has 0 aromatic carbocycles. The number of piperazine rings is 1. The van der Waals surface area contributed by atoms with Crippen molar-refractivity contribution in [2.45, 2.75) is 19.0 Å². The summed E-state index contributed by atoms with van der Waals surface area (Å²) >= 11 is 0. The Morgan fingerprint density at radius 1 is 1.20 bits per heavy atom. The summed E-state index contributed by atoms with van der Waals surface area (Å²) in [5.74, 6) is 0. The van der Waals surface area contributed by atoms with E-state index in [-0.39, 0.29) is 25.7 Å². The molecule has 0 aromatic rings. The lowest BCUT2D eigenvalue weighted by Crippen LogP contribution is -2.61. The van der Waals surface area contributed by atoms with Crippen LogP contribution in [-0.4, -0.2) is 69.1 Å². The van der Waals surface area contributed by atoms with Gasteiger partial charge < -0.3 is 20.2 Å². The fourth-order valence-corrected chi connectivity index (χ4v) is 1.70. The van der Waals surface area contributed by atoms with Gasteiger partial charge in [-0.05, 0) is 6.92 Å². The summed E-state index contributed by atoms with van der Waals surface area (Å²) in [6.45, 7) is 1.37. The van der Waals surface area contributed by atoms with E-state index in [1.807, 2.05) is 0 Å². The van der Waals surface area contributed by atoms with Crippen molar-refractivity contribution in [3.05, 3.63) is 0 Å². The minimum atomic E-state index is -1.13. The fraction of sp³-hybridized carbons (Fsp3) is 0.750. The highest BCUT2D eigenvalue weighted by molar-refractivity contribution is 5.68. The maximum Gasteiger partial charge on any atom is 0.407 e. The maximum absolute atomic E-state index is 10.8. The average Bonchev–Trinajstić information content (AvgIpc) is 2.16. The second-order valence-electron chi connectivity index (χ2n) is 3.56. The molecular formula is C8H14N2O5. The third-order valence-corrected chi connectivity index (χ3v) is 2.54. The highest BCUT2D eigenvalue weighted by Gasteiger charge is 2.36. The Labute approximate surface area is 86.5 Å². The summed E-state index contributed by atoms with van der Waals surface area (Å²) < 4.78 is 0.